The molecule has 7 heteroatoms. The molecular formula is C11H17N3O4. The Hall–Kier alpha value is -1.44. The third kappa shape index (κ3) is 2.38. The fraction of sp³-hybridized carbons (Fsp3) is 0.636. The highest BCUT2D eigenvalue weighted by molar-refractivity contribution is 5.23. The number of ether oxygens (including phenoxy) is 2. The van der Waals surface area contributed by atoms with Crippen molar-refractivity contribution in [2.24, 2.45) is 0 Å². The number of aliphatic hydroxyl groups is 1. The van der Waals surface area contributed by atoms with Crippen LogP contribution in [0.3, 0.4) is 0 Å². The maximum atomic E-state index is 11.7. The highest BCUT2D eigenvalue weighted by Gasteiger charge is 2.41. The van der Waals surface area contributed by atoms with Crippen LogP contribution in [0, 0.1) is 0 Å². The van der Waals surface area contributed by atoms with Crippen molar-refractivity contribution in [2.75, 3.05) is 26.1 Å². The molecule has 100 valence electrons. The molecule has 2 rings (SSSR count). The van der Waals surface area contributed by atoms with Crippen LogP contribution in [0.15, 0.2) is 17.1 Å². The van der Waals surface area contributed by atoms with Crippen molar-refractivity contribution in [1.29, 1.82) is 0 Å². The van der Waals surface area contributed by atoms with E-state index in [9.17, 15) is 9.90 Å². The maximum Gasteiger partial charge on any atom is 0.351 e. The number of nitrogens with zero attached hydrogens (tertiary/aromatic N) is 2. The molecule has 2 atom stereocenters. The van der Waals surface area contributed by atoms with Gasteiger partial charge in [0, 0.05) is 13.3 Å². The predicted molar refractivity (Wildman–Crippen MR) is 64.0 cm³/mol. The highest BCUT2D eigenvalue weighted by Crippen LogP contribution is 2.35. The van der Waals surface area contributed by atoms with Crippen LogP contribution in [0.1, 0.15) is 19.1 Å². The van der Waals surface area contributed by atoms with Crippen molar-refractivity contribution < 1.29 is 14.6 Å². The van der Waals surface area contributed by atoms with Gasteiger partial charge in [-0.1, -0.05) is 0 Å². The standard InChI is InChI=1S/C11H17N3O4/c1-17-7-11(6-15)4-2-9(18-11)14-5-3-8(12)13-10(14)16/h3,5,9,15H,2,4,6-7H2,1H3,(H2,12,13,16)/t9-,11+/m1/s1. The predicted octanol–water partition coefficient (Wildman–Crippen LogP) is -0.488. The number of aliphatic hydroxyl groups excluding tert-OH is 1. The Kier molecular flexibility index (Phi) is 3.65. The summed E-state index contributed by atoms with van der Waals surface area (Å²) in [5.41, 5.74) is 4.24. The van der Waals surface area contributed by atoms with Crippen LogP contribution in [-0.4, -0.2) is 40.6 Å². The Bertz CT molecular complexity index is 476. The molecule has 0 amide bonds. The van der Waals surface area contributed by atoms with E-state index in [1.165, 1.54) is 4.57 Å². The Labute approximate surface area is 104 Å². The molecule has 1 aliphatic heterocycles. The van der Waals surface area contributed by atoms with Gasteiger partial charge in [0.2, 0.25) is 0 Å². The monoisotopic (exact) mass is 255 g/mol. The van der Waals surface area contributed by atoms with Crippen molar-refractivity contribution >= 4 is 5.82 Å². The molecule has 0 spiro atoms. The molecule has 3 N–H and O–H groups in total. The second-order valence-electron chi connectivity index (χ2n) is 4.43. The molecule has 1 aliphatic rings. The molecule has 0 saturated carbocycles. The van der Waals surface area contributed by atoms with Crippen LogP contribution < -0.4 is 11.4 Å². The number of rotatable bonds is 4. The molecule has 7 nitrogen and oxygen atoms in total. The summed E-state index contributed by atoms with van der Waals surface area (Å²) in [5, 5.41) is 9.40. The molecule has 1 aromatic rings. The average Bonchev–Trinajstić information content (AvgIpc) is 2.74. The van der Waals surface area contributed by atoms with Crippen LogP contribution in [0.4, 0.5) is 5.82 Å². The first kappa shape index (κ1) is 13.0. The third-order valence-corrected chi connectivity index (χ3v) is 3.09. The van der Waals surface area contributed by atoms with Crippen LogP contribution in [0.25, 0.3) is 0 Å². The number of aromatic nitrogens is 2. The van der Waals surface area contributed by atoms with E-state index in [0.717, 1.165) is 0 Å². The van der Waals surface area contributed by atoms with E-state index in [-0.39, 0.29) is 19.0 Å². The quantitative estimate of drug-likeness (QED) is 0.753. The number of anilines is 1. The topological polar surface area (TPSA) is 99.6 Å². The molecule has 2 heterocycles. The van der Waals surface area contributed by atoms with E-state index in [1.807, 2.05) is 0 Å². The van der Waals surface area contributed by atoms with E-state index < -0.39 is 17.5 Å². The Balaban J connectivity index is 2.19. The molecule has 0 bridgehead atoms. The normalized spacial score (nSPS) is 27.6. The fourth-order valence-electron chi connectivity index (χ4n) is 2.17. The molecule has 1 saturated heterocycles. The van der Waals surface area contributed by atoms with E-state index in [1.54, 1.807) is 19.4 Å². The minimum atomic E-state index is -0.736. The lowest BCUT2D eigenvalue weighted by atomic mass is 10.0. The average molecular weight is 255 g/mol. The first-order chi connectivity index (χ1) is 8.60. The molecule has 0 radical (unpaired) electrons. The largest absolute Gasteiger partial charge is 0.393 e. The number of hydrogen-bond acceptors (Lipinski definition) is 6. The molecule has 1 aromatic heterocycles. The molecular weight excluding hydrogens is 238 g/mol. The highest BCUT2D eigenvalue weighted by atomic mass is 16.6. The Morgan fingerprint density at radius 2 is 2.56 bits per heavy atom. The maximum absolute atomic E-state index is 11.7. The van der Waals surface area contributed by atoms with Gasteiger partial charge in [-0.15, -0.1) is 0 Å². The van der Waals surface area contributed by atoms with E-state index in [2.05, 4.69) is 4.98 Å². The summed E-state index contributed by atoms with van der Waals surface area (Å²) < 4.78 is 12.2. The van der Waals surface area contributed by atoms with Gasteiger partial charge in [0.05, 0.1) is 13.2 Å². The summed E-state index contributed by atoms with van der Waals surface area (Å²) >= 11 is 0. The van der Waals surface area contributed by atoms with Gasteiger partial charge in [-0.2, -0.15) is 4.98 Å². The molecule has 0 unspecified atom stereocenters. The SMILES string of the molecule is COC[C@@]1(CO)CC[C@H](n2ccc(N)nc2=O)O1. The van der Waals surface area contributed by atoms with Crippen molar-refractivity contribution in [2.45, 2.75) is 24.7 Å². The van der Waals surface area contributed by atoms with Gasteiger partial charge >= 0.3 is 5.69 Å². The smallest absolute Gasteiger partial charge is 0.351 e. The van der Waals surface area contributed by atoms with E-state index >= 15 is 0 Å². The van der Waals surface area contributed by atoms with Gasteiger partial charge in [-0.25, -0.2) is 4.79 Å². The van der Waals surface area contributed by atoms with Crippen LogP contribution in [0.2, 0.25) is 0 Å². The summed E-state index contributed by atoms with van der Waals surface area (Å²) in [5.74, 6) is 0.180. The number of nitrogens with two attached hydrogens (primary N) is 1. The summed E-state index contributed by atoms with van der Waals surface area (Å²) in [6, 6.07) is 1.54. The summed E-state index contributed by atoms with van der Waals surface area (Å²) in [4.78, 5) is 15.3. The lowest BCUT2D eigenvalue weighted by Crippen LogP contribution is -2.39. The molecule has 0 aliphatic carbocycles. The minimum Gasteiger partial charge on any atom is -0.393 e. The minimum absolute atomic E-state index is 0.144. The van der Waals surface area contributed by atoms with Crippen molar-refractivity contribution in [3.8, 4) is 0 Å². The lowest BCUT2D eigenvalue weighted by Gasteiger charge is -2.26. The summed E-state index contributed by atoms with van der Waals surface area (Å²) in [7, 11) is 1.55. The van der Waals surface area contributed by atoms with Gasteiger partial charge in [0.1, 0.15) is 17.6 Å². The van der Waals surface area contributed by atoms with Crippen LogP contribution in [0.5, 0.6) is 0 Å². The zero-order chi connectivity index (χ0) is 13.2. The van der Waals surface area contributed by atoms with Gasteiger partial charge in [-0.3, -0.25) is 4.57 Å². The zero-order valence-corrected chi connectivity index (χ0v) is 10.2. The molecule has 1 fully saturated rings. The van der Waals surface area contributed by atoms with E-state index in [0.29, 0.717) is 12.8 Å². The second kappa shape index (κ2) is 5.05. The van der Waals surface area contributed by atoms with Gasteiger partial charge < -0.3 is 20.3 Å². The van der Waals surface area contributed by atoms with Crippen molar-refractivity contribution in [3.63, 3.8) is 0 Å². The first-order valence-corrected chi connectivity index (χ1v) is 5.72. The van der Waals surface area contributed by atoms with Crippen molar-refractivity contribution in [1.82, 2.24) is 9.55 Å². The van der Waals surface area contributed by atoms with Gasteiger partial charge in [0.15, 0.2) is 0 Å². The Morgan fingerprint density at radius 3 is 3.17 bits per heavy atom. The van der Waals surface area contributed by atoms with Gasteiger partial charge in [-0.05, 0) is 18.9 Å². The fourth-order valence-corrected chi connectivity index (χ4v) is 2.17. The number of nitrogen functional groups attached to an aromatic ring is 1. The van der Waals surface area contributed by atoms with Crippen LogP contribution >= 0.6 is 0 Å². The summed E-state index contributed by atoms with van der Waals surface area (Å²) in [6.07, 6.45) is 2.36. The molecule has 0 aromatic carbocycles. The molecule has 18 heavy (non-hydrogen) atoms. The number of methoxy groups -OCH3 is 1. The third-order valence-electron chi connectivity index (χ3n) is 3.09. The Morgan fingerprint density at radius 1 is 1.78 bits per heavy atom. The van der Waals surface area contributed by atoms with Gasteiger partial charge in [0.25, 0.3) is 0 Å². The van der Waals surface area contributed by atoms with Crippen LogP contribution in [-0.2, 0) is 9.47 Å². The first-order valence-electron chi connectivity index (χ1n) is 5.72. The van der Waals surface area contributed by atoms with E-state index in [4.69, 9.17) is 15.2 Å². The number of hydrogen-bond donors (Lipinski definition) is 2. The lowest BCUT2D eigenvalue weighted by molar-refractivity contribution is -0.128. The zero-order valence-electron chi connectivity index (χ0n) is 10.2. The second-order valence-corrected chi connectivity index (χ2v) is 4.43. The summed E-state index contributed by atoms with van der Waals surface area (Å²) in [6.45, 7) is 0.144. The van der Waals surface area contributed by atoms with Crippen molar-refractivity contribution in [3.05, 3.63) is 22.7 Å².